The fraction of sp³-hybridized carbons (Fsp3) is 0.737. The lowest BCUT2D eigenvalue weighted by atomic mass is 9.79. The molecular formula is C19H25NO5. The molecule has 2 bridgehead atoms. The summed E-state index contributed by atoms with van der Waals surface area (Å²) in [5.41, 5.74) is 0.497. The highest BCUT2D eigenvalue weighted by Gasteiger charge is 2.67. The highest BCUT2D eigenvalue weighted by Crippen LogP contribution is 2.59. The molecule has 0 aliphatic carbocycles. The Morgan fingerprint density at radius 2 is 2.08 bits per heavy atom. The summed E-state index contributed by atoms with van der Waals surface area (Å²) in [6.45, 7) is 6.17. The summed E-state index contributed by atoms with van der Waals surface area (Å²) in [5.74, 6) is 1.15. The minimum Gasteiger partial charge on any atom is -0.492 e. The Labute approximate surface area is 147 Å². The number of hydrogen-bond donors (Lipinski definition) is 0. The second-order valence-corrected chi connectivity index (χ2v) is 7.90. The van der Waals surface area contributed by atoms with Crippen LogP contribution in [0.1, 0.15) is 39.5 Å². The summed E-state index contributed by atoms with van der Waals surface area (Å²) < 4.78 is 24.0. The van der Waals surface area contributed by atoms with Crippen LogP contribution >= 0.6 is 0 Å². The second kappa shape index (κ2) is 5.24. The van der Waals surface area contributed by atoms with Gasteiger partial charge in [0.2, 0.25) is 11.5 Å². The van der Waals surface area contributed by atoms with Gasteiger partial charge in [-0.1, -0.05) is 6.92 Å². The number of ether oxygens (including phenoxy) is 4. The molecule has 0 spiro atoms. The molecule has 5 rings (SSSR count). The molecule has 4 fully saturated rings. The fourth-order valence-corrected chi connectivity index (χ4v) is 5.65. The van der Waals surface area contributed by atoms with E-state index < -0.39 is 5.79 Å². The smallest absolute Gasteiger partial charge is 0.343 e. The van der Waals surface area contributed by atoms with E-state index in [1.54, 1.807) is 14.0 Å². The van der Waals surface area contributed by atoms with Crippen LogP contribution in [0.5, 0.6) is 0 Å². The van der Waals surface area contributed by atoms with Gasteiger partial charge in [-0.3, -0.25) is 4.90 Å². The van der Waals surface area contributed by atoms with E-state index in [1.165, 1.54) is 6.42 Å². The van der Waals surface area contributed by atoms with Crippen LogP contribution in [-0.4, -0.2) is 49.0 Å². The Balaban J connectivity index is 1.59. The molecule has 0 unspecified atom stereocenters. The van der Waals surface area contributed by atoms with Gasteiger partial charge in [-0.25, -0.2) is 4.79 Å². The van der Waals surface area contributed by atoms with Crippen molar-refractivity contribution in [2.45, 2.75) is 57.5 Å². The van der Waals surface area contributed by atoms with Crippen LogP contribution in [0.2, 0.25) is 0 Å². The van der Waals surface area contributed by atoms with Crippen LogP contribution in [0.3, 0.4) is 0 Å². The van der Waals surface area contributed by atoms with Gasteiger partial charge in [-0.15, -0.1) is 0 Å². The predicted molar refractivity (Wildman–Crippen MR) is 88.0 cm³/mol. The summed E-state index contributed by atoms with van der Waals surface area (Å²) in [6.07, 6.45) is 4.53. The molecule has 5 aliphatic rings. The lowest BCUT2D eigenvalue weighted by molar-refractivity contribution is -0.210. The number of piperidine rings is 1. The van der Waals surface area contributed by atoms with Gasteiger partial charge < -0.3 is 18.9 Å². The standard InChI is InChI=1S/C19H25NO5/c1-10-13-14-12-6-4-8-20(14)9-5-7-19(13,24-12)25-16(10)17-15(22-3)11(2)18(21)23-17/h10,12-14H,4-9H2,1-3H3/b17-16-/t10-,12-,13+,14-,19+/m0/s1. The minimum absolute atomic E-state index is 0.132. The van der Waals surface area contributed by atoms with Crippen LogP contribution in [-0.2, 0) is 23.7 Å². The van der Waals surface area contributed by atoms with E-state index in [4.69, 9.17) is 18.9 Å². The maximum Gasteiger partial charge on any atom is 0.343 e. The number of carbonyl (C=O) groups is 1. The molecule has 0 aromatic heterocycles. The molecule has 4 saturated heterocycles. The van der Waals surface area contributed by atoms with Crippen LogP contribution in [0, 0.1) is 11.8 Å². The number of nitrogens with zero attached hydrogens (tertiary/aromatic N) is 1. The van der Waals surface area contributed by atoms with Gasteiger partial charge in [-0.2, -0.15) is 0 Å². The summed E-state index contributed by atoms with van der Waals surface area (Å²) in [7, 11) is 1.57. The number of methoxy groups -OCH3 is 1. The quantitative estimate of drug-likeness (QED) is 0.679. The monoisotopic (exact) mass is 347 g/mol. The van der Waals surface area contributed by atoms with E-state index in [0.717, 1.165) is 38.1 Å². The molecule has 0 radical (unpaired) electrons. The van der Waals surface area contributed by atoms with Crippen LogP contribution in [0.15, 0.2) is 22.9 Å². The van der Waals surface area contributed by atoms with Crippen molar-refractivity contribution in [3.63, 3.8) is 0 Å². The fourth-order valence-electron chi connectivity index (χ4n) is 5.65. The average Bonchev–Trinajstić information content (AvgIpc) is 3.11. The second-order valence-electron chi connectivity index (χ2n) is 7.90. The van der Waals surface area contributed by atoms with E-state index in [9.17, 15) is 4.79 Å². The van der Waals surface area contributed by atoms with Crippen LogP contribution in [0.25, 0.3) is 0 Å². The van der Waals surface area contributed by atoms with E-state index in [2.05, 4.69) is 11.8 Å². The molecule has 0 N–H and O–H groups in total. The van der Waals surface area contributed by atoms with Crippen molar-refractivity contribution in [3.8, 4) is 0 Å². The number of carbonyl (C=O) groups excluding carboxylic acids is 1. The molecule has 5 aliphatic heterocycles. The first-order valence-corrected chi connectivity index (χ1v) is 9.38. The molecule has 0 amide bonds. The molecule has 0 saturated carbocycles. The summed E-state index contributed by atoms with van der Waals surface area (Å²) >= 11 is 0. The lowest BCUT2D eigenvalue weighted by Gasteiger charge is -2.39. The maximum atomic E-state index is 12.0. The molecule has 6 nitrogen and oxygen atoms in total. The predicted octanol–water partition coefficient (Wildman–Crippen LogP) is 2.31. The molecule has 136 valence electrons. The third-order valence-corrected chi connectivity index (χ3v) is 6.64. The number of cyclic esters (lactones) is 1. The van der Waals surface area contributed by atoms with Crippen LogP contribution in [0.4, 0.5) is 0 Å². The maximum absolute atomic E-state index is 12.0. The Kier molecular flexibility index (Phi) is 3.29. The topological polar surface area (TPSA) is 57.2 Å². The molecule has 5 heterocycles. The van der Waals surface area contributed by atoms with Gasteiger partial charge in [0.25, 0.3) is 0 Å². The van der Waals surface area contributed by atoms with Crippen molar-refractivity contribution in [1.29, 1.82) is 0 Å². The van der Waals surface area contributed by atoms with E-state index in [0.29, 0.717) is 23.1 Å². The minimum atomic E-state index is -0.572. The van der Waals surface area contributed by atoms with Gasteiger partial charge in [-0.05, 0) is 39.3 Å². The Morgan fingerprint density at radius 1 is 1.28 bits per heavy atom. The van der Waals surface area contributed by atoms with E-state index in [-0.39, 0.29) is 23.9 Å². The van der Waals surface area contributed by atoms with E-state index in [1.807, 2.05) is 0 Å². The number of rotatable bonds is 1. The average molecular weight is 347 g/mol. The Hall–Kier alpha value is -1.53. The Bertz CT molecular complexity index is 692. The highest BCUT2D eigenvalue weighted by atomic mass is 16.7. The van der Waals surface area contributed by atoms with Gasteiger partial charge in [0.1, 0.15) is 5.76 Å². The van der Waals surface area contributed by atoms with Crippen molar-refractivity contribution in [2.24, 2.45) is 11.8 Å². The summed E-state index contributed by atoms with van der Waals surface area (Å²) in [5, 5.41) is 0. The van der Waals surface area contributed by atoms with E-state index >= 15 is 0 Å². The van der Waals surface area contributed by atoms with Crippen molar-refractivity contribution < 1.29 is 23.7 Å². The van der Waals surface area contributed by atoms with Crippen molar-refractivity contribution in [1.82, 2.24) is 4.90 Å². The summed E-state index contributed by atoms with van der Waals surface area (Å²) in [4.78, 5) is 14.6. The highest BCUT2D eigenvalue weighted by molar-refractivity contribution is 5.93. The molecule has 0 aromatic rings. The number of allylic oxidation sites excluding steroid dienone is 1. The van der Waals surface area contributed by atoms with Gasteiger partial charge in [0.05, 0.1) is 24.7 Å². The normalized spacial score (nSPS) is 46.0. The summed E-state index contributed by atoms with van der Waals surface area (Å²) in [6, 6.07) is 0.400. The largest absolute Gasteiger partial charge is 0.492 e. The van der Waals surface area contributed by atoms with Gasteiger partial charge >= 0.3 is 5.97 Å². The SMILES string of the molecule is COC1=C(C)C(=O)O/C1=C1\O[C@@]23CCCN4CCC[C@H](O2)[C@H]4[C@H]3[C@@H]1C. The van der Waals surface area contributed by atoms with Crippen molar-refractivity contribution >= 4 is 5.97 Å². The first-order valence-electron chi connectivity index (χ1n) is 9.38. The third-order valence-electron chi connectivity index (χ3n) is 6.64. The van der Waals surface area contributed by atoms with Crippen LogP contribution < -0.4 is 0 Å². The van der Waals surface area contributed by atoms with Crippen molar-refractivity contribution in [2.75, 3.05) is 20.2 Å². The molecule has 25 heavy (non-hydrogen) atoms. The van der Waals surface area contributed by atoms with Crippen molar-refractivity contribution in [3.05, 3.63) is 22.9 Å². The zero-order chi connectivity index (χ0) is 17.3. The molecule has 5 atom stereocenters. The third kappa shape index (κ3) is 1.95. The Morgan fingerprint density at radius 3 is 2.88 bits per heavy atom. The van der Waals surface area contributed by atoms with Gasteiger partial charge in [0, 0.05) is 18.4 Å². The van der Waals surface area contributed by atoms with Gasteiger partial charge in [0.15, 0.2) is 5.76 Å². The zero-order valence-corrected chi connectivity index (χ0v) is 15.0. The molecule has 6 heteroatoms. The number of esters is 1. The lowest BCUT2D eigenvalue weighted by Crippen LogP contribution is -2.49. The molecular weight excluding hydrogens is 322 g/mol. The first-order chi connectivity index (χ1) is 12.1. The zero-order valence-electron chi connectivity index (χ0n) is 15.0. The first kappa shape index (κ1) is 15.7. The number of hydrogen-bond acceptors (Lipinski definition) is 6. The molecule has 0 aromatic carbocycles.